The van der Waals surface area contributed by atoms with Crippen LogP contribution in [0.5, 0.6) is 0 Å². The standard InChI is InChI=1S/C22H27N5O4S/c1-26-14-16(32(29,30)27-9-3-2-4-10-27)13-19(26)22(28)23-15-7-8-17-18(12-15)25-21(24-17)20-6-5-11-31-20/h7-8,12-14,20H,2-6,9-11H2,1H3,(H,23,28)(H,24,25). The summed E-state index contributed by atoms with van der Waals surface area (Å²) in [6, 6.07) is 6.91. The Morgan fingerprint density at radius 1 is 1.19 bits per heavy atom. The van der Waals surface area contributed by atoms with E-state index in [-0.39, 0.29) is 22.6 Å². The van der Waals surface area contributed by atoms with Crippen molar-refractivity contribution in [2.24, 2.45) is 7.05 Å². The largest absolute Gasteiger partial charge is 0.370 e. The number of benzene rings is 1. The first-order chi connectivity index (χ1) is 15.4. The Bertz CT molecular complexity index is 1250. The summed E-state index contributed by atoms with van der Waals surface area (Å²) in [6.07, 6.45) is 6.24. The van der Waals surface area contributed by atoms with Gasteiger partial charge in [0.1, 0.15) is 22.5 Å². The highest BCUT2D eigenvalue weighted by molar-refractivity contribution is 7.89. The number of nitrogens with one attached hydrogen (secondary N) is 2. The number of aromatic amines is 1. The summed E-state index contributed by atoms with van der Waals surface area (Å²) >= 11 is 0. The molecule has 2 aliphatic rings. The molecule has 2 aromatic heterocycles. The number of rotatable bonds is 5. The lowest BCUT2D eigenvalue weighted by atomic mass is 10.2. The van der Waals surface area contributed by atoms with Crippen LogP contribution in [0.2, 0.25) is 0 Å². The number of anilines is 1. The summed E-state index contributed by atoms with van der Waals surface area (Å²) in [5, 5.41) is 2.87. The third kappa shape index (κ3) is 3.94. The topological polar surface area (TPSA) is 109 Å². The molecule has 0 saturated carbocycles. The van der Waals surface area contributed by atoms with Crippen LogP contribution in [0.4, 0.5) is 5.69 Å². The zero-order chi connectivity index (χ0) is 22.3. The number of piperidine rings is 1. The summed E-state index contributed by atoms with van der Waals surface area (Å²) in [4.78, 5) is 20.9. The second-order valence-corrected chi connectivity index (χ2v) is 10.4. The number of amides is 1. The summed E-state index contributed by atoms with van der Waals surface area (Å²) in [5.74, 6) is 0.432. The number of carbonyl (C=O) groups excluding carboxylic acids is 1. The quantitative estimate of drug-likeness (QED) is 0.612. The lowest BCUT2D eigenvalue weighted by Crippen LogP contribution is -2.35. The van der Waals surface area contributed by atoms with E-state index < -0.39 is 10.0 Å². The van der Waals surface area contributed by atoms with Crippen LogP contribution in [-0.4, -0.2) is 52.9 Å². The molecule has 170 valence electrons. The number of ether oxygens (including phenoxy) is 1. The van der Waals surface area contributed by atoms with E-state index in [2.05, 4.69) is 15.3 Å². The predicted octanol–water partition coefficient (Wildman–Crippen LogP) is 3.18. The van der Waals surface area contributed by atoms with Gasteiger partial charge in [-0.05, 0) is 49.9 Å². The molecule has 2 fully saturated rings. The number of hydrogen-bond acceptors (Lipinski definition) is 5. The normalized spacial score (nSPS) is 20.1. The van der Waals surface area contributed by atoms with Gasteiger partial charge in [0, 0.05) is 38.6 Å². The van der Waals surface area contributed by atoms with Crippen LogP contribution < -0.4 is 5.32 Å². The Hall–Kier alpha value is -2.69. The molecule has 1 atom stereocenters. The van der Waals surface area contributed by atoms with Crippen molar-refractivity contribution >= 4 is 32.7 Å². The predicted molar refractivity (Wildman–Crippen MR) is 120 cm³/mol. The molecule has 0 spiro atoms. The van der Waals surface area contributed by atoms with Crippen molar-refractivity contribution in [1.82, 2.24) is 18.8 Å². The summed E-state index contributed by atoms with van der Waals surface area (Å²) in [7, 11) is -1.92. The number of aryl methyl sites for hydroxylation is 1. The zero-order valence-corrected chi connectivity index (χ0v) is 18.8. The van der Waals surface area contributed by atoms with Crippen LogP contribution in [0.25, 0.3) is 11.0 Å². The van der Waals surface area contributed by atoms with Gasteiger partial charge in [0.05, 0.1) is 11.0 Å². The second-order valence-electron chi connectivity index (χ2n) is 8.45. The van der Waals surface area contributed by atoms with Crippen molar-refractivity contribution in [3.05, 3.63) is 42.0 Å². The van der Waals surface area contributed by atoms with Crippen molar-refractivity contribution in [2.45, 2.75) is 43.1 Å². The smallest absolute Gasteiger partial charge is 0.272 e. The lowest BCUT2D eigenvalue weighted by molar-refractivity contribution is 0.101. The highest BCUT2D eigenvalue weighted by atomic mass is 32.2. The molecule has 32 heavy (non-hydrogen) atoms. The lowest BCUT2D eigenvalue weighted by Gasteiger charge is -2.25. The number of H-pyrrole nitrogens is 1. The first kappa shape index (κ1) is 21.2. The molecule has 2 aliphatic heterocycles. The Morgan fingerprint density at radius 3 is 2.75 bits per heavy atom. The van der Waals surface area contributed by atoms with Crippen LogP contribution >= 0.6 is 0 Å². The molecule has 1 unspecified atom stereocenters. The van der Waals surface area contributed by atoms with Crippen molar-refractivity contribution in [3.8, 4) is 0 Å². The van der Waals surface area contributed by atoms with E-state index >= 15 is 0 Å². The van der Waals surface area contributed by atoms with Crippen molar-refractivity contribution in [3.63, 3.8) is 0 Å². The third-order valence-corrected chi connectivity index (χ3v) is 8.02. The van der Waals surface area contributed by atoms with Gasteiger partial charge < -0.3 is 19.6 Å². The van der Waals surface area contributed by atoms with E-state index in [0.717, 1.165) is 55.6 Å². The van der Waals surface area contributed by atoms with E-state index in [4.69, 9.17) is 4.74 Å². The van der Waals surface area contributed by atoms with Gasteiger partial charge in [0.15, 0.2) is 0 Å². The second kappa shape index (κ2) is 8.34. The van der Waals surface area contributed by atoms with Gasteiger partial charge in [-0.15, -0.1) is 0 Å². The molecule has 10 heteroatoms. The fourth-order valence-electron chi connectivity index (χ4n) is 4.40. The summed E-state index contributed by atoms with van der Waals surface area (Å²) in [5.41, 5.74) is 2.51. The summed E-state index contributed by atoms with van der Waals surface area (Å²) in [6.45, 7) is 1.79. The molecule has 0 radical (unpaired) electrons. The van der Waals surface area contributed by atoms with Crippen LogP contribution in [0.1, 0.15) is 54.5 Å². The maximum atomic E-state index is 13.0. The van der Waals surface area contributed by atoms with Gasteiger partial charge in [0.25, 0.3) is 5.91 Å². The highest BCUT2D eigenvalue weighted by Gasteiger charge is 2.28. The fourth-order valence-corrected chi connectivity index (χ4v) is 5.99. The number of imidazole rings is 1. The van der Waals surface area contributed by atoms with Crippen LogP contribution in [-0.2, 0) is 21.8 Å². The Labute approximate surface area is 186 Å². The number of nitrogens with zero attached hydrogens (tertiary/aromatic N) is 3. The van der Waals surface area contributed by atoms with Crippen LogP contribution in [0.15, 0.2) is 35.4 Å². The van der Waals surface area contributed by atoms with Gasteiger partial charge in [-0.3, -0.25) is 4.79 Å². The van der Waals surface area contributed by atoms with E-state index in [9.17, 15) is 13.2 Å². The molecule has 2 saturated heterocycles. The van der Waals surface area contributed by atoms with E-state index in [1.54, 1.807) is 17.7 Å². The van der Waals surface area contributed by atoms with E-state index in [1.165, 1.54) is 16.6 Å². The average Bonchev–Trinajstić information content (AvgIpc) is 3.53. The van der Waals surface area contributed by atoms with Crippen LogP contribution in [0.3, 0.4) is 0 Å². The van der Waals surface area contributed by atoms with E-state index in [0.29, 0.717) is 18.8 Å². The summed E-state index contributed by atoms with van der Waals surface area (Å²) < 4.78 is 34.6. The monoisotopic (exact) mass is 457 g/mol. The van der Waals surface area contributed by atoms with Crippen LogP contribution in [0, 0.1) is 0 Å². The molecule has 4 heterocycles. The number of sulfonamides is 1. The van der Waals surface area contributed by atoms with Crippen molar-refractivity contribution in [2.75, 3.05) is 25.0 Å². The Morgan fingerprint density at radius 2 is 2.00 bits per heavy atom. The molecule has 1 aromatic carbocycles. The average molecular weight is 458 g/mol. The molecule has 3 aromatic rings. The highest BCUT2D eigenvalue weighted by Crippen LogP contribution is 2.29. The third-order valence-electron chi connectivity index (χ3n) is 6.16. The zero-order valence-electron chi connectivity index (χ0n) is 18.0. The Kier molecular flexibility index (Phi) is 5.52. The minimum absolute atomic E-state index is 0.0101. The molecular weight excluding hydrogens is 430 g/mol. The minimum Gasteiger partial charge on any atom is -0.370 e. The molecule has 2 N–H and O–H groups in total. The molecule has 0 aliphatic carbocycles. The molecule has 9 nitrogen and oxygen atoms in total. The first-order valence-electron chi connectivity index (χ1n) is 11.0. The fraction of sp³-hybridized carbons (Fsp3) is 0.455. The van der Waals surface area contributed by atoms with E-state index in [1.807, 2.05) is 12.1 Å². The molecule has 1 amide bonds. The number of fused-ring (bicyclic) bond motifs is 1. The first-order valence-corrected chi connectivity index (χ1v) is 12.4. The number of hydrogen-bond donors (Lipinski definition) is 2. The van der Waals surface area contributed by atoms with Crippen molar-refractivity contribution in [1.29, 1.82) is 0 Å². The molecular formula is C22H27N5O4S. The van der Waals surface area contributed by atoms with Gasteiger partial charge in [-0.2, -0.15) is 4.31 Å². The molecule has 5 rings (SSSR count). The number of carbonyl (C=O) groups is 1. The SMILES string of the molecule is Cn1cc(S(=O)(=O)N2CCCCC2)cc1C(=O)Nc1ccc2nc(C3CCCO3)[nH]c2c1. The maximum Gasteiger partial charge on any atom is 0.272 e. The number of aromatic nitrogens is 3. The van der Waals surface area contributed by atoms with Crippen molar-refractivity contribution < 1.29 is 17.9 Å². The minimum atomic E-state index is -3.60. The molecule has 0 bridgehead atoms. The van der Waals surface area contributed by atoms with Gasteiger partial charge in [-0.25, -0.2) is 13.4 Å². The van der Waals surface area contributed by atoms with Gasteiger partial charge in [0.2, 0.25) is 10.0 Å². The Balaban J connectivity index is 1.35. The van der Waals surface area contributed by atoms with Gasteiger partial charge in [-0.1, -0.05) is 6.42 Å². The van der Waals surface area contributed by atoms with Gasteiger partial charge >= 0.3 is 0 Å². The maximum absolute atomic E-state index is 13.0.